The average Bonchev–Trinajstić information content (AvgIpc) is 3.42. The summed E-state index contributed by atoms with van der Waals surface area (Å²) >= 11 is 0. The van der Waals surface area contributed by atoms with E-state index in [1.165, 1.54) is 315 Å². The lowest BCUT2D eigenvalue weighted by Gasteiger charge is -2.27. The maximum absolute atomic E-state index is 12.7. The van der Waals surface area contributed by atoms with Crippen LogP contribution in [0.1, 0.15) is 380 Å². The van der Waals surface area contributed by atoms with Crippen LogP contribution in [0.5, 0.6) is 0 Å². The smallest absolute Gasteiger partial charge is 0.249 e. The van der Waals surface area contributed by atoms with Crippen LogP contribution in [-0.4, -0.2) is 57.3 Å². The van der Waals surface area contributed by atoms with Gasteiger partial charge in [0.1, 0.15) is 12.2 Å². The van der Waals surface area contributed by atoms with Crippen LogP contribution in [0.15, 0.2) is 24.3 Å². The largest absolute Gasteiger partial charge is 0.394 e. The van der Waals surface area contributed by atoms with E-state index in [0.29, 0.717) is 12.8 Å². The van der Waals surface area contributed by atoms with Crippen molar-refractivity contribution >= 4 is 5.91 Å². The highest BCUT2D eigenvalue weighted by atomic mass is 16.3. The second kappa shape index (κ2) is 63.6. The van der Waals surface area contributed by atoms with Crippen molar-refractivity contribution in [3.05, 3.63) is 24.3 Å². The number of hydrogen-bond acceptors (Lipinski definition) is 5. The third-order valence-electron chi connectivity index (χ3n) is 16.4. The van der Waals surface area contributed by atoms with E-state index < -0.39 is 36.9 Å². The van der Waals surface area contributed by atoms with Crippen LogP contribution in [-0.2, 0) is 4.79 Å². The molecular formula is C69H135NO5. The third kappa shape index (κ3) is 57.3. The molecule has 0 aromatic carbocycles. The number of aliphatic hydroxyl groups is 4. The molecule has 4 unspecified atom stereocenters. The van der Waals surface area contributed by atoms with E-state index in [4.69, 9.17) is 0 Å². The van der Waals surface area contributed by atoms with Gasteiger partial charge in [-0.2, -0.15) is 0 Å². The number of rotatable bonds is 64. The summed E-state index contributed by atoms with van der Waals surface area (Å²) in [5.74, 6) is -0.586. The molecule has 0 heterocycles. The van der Waals surface area contributed by atoms with Crippen LogP contribution in [0.3, 0.4) is 0 Å². The summed E-state index contributed by atoms with van der Waals surface area (Å²) in [7, 11) is 0. The second-order valence-electron chi connectivity index (χ2n) is 23.9. The van der Waals surface area contributed by atoms with E-state index >= 15 is 0 Å². The van der Waals surface area contributed by atoms with Gasteiger partial charge in [-0.3, -0.25) is 4.79 Å². The van der Waals surface area contributed by atoms with Crippen LogP contribution < -0.4 is 5.32 Å². The standard InChI is InChI=1S/C69H135NO5/c1-3-5-7-9-11-13-15-17-19-21-23-25-27-29-31-32-33-34-35-37-39-41-43-45-47-49-51-53-55-57-59-61-63-67(73)69(75)70-65(64-71)68(74)66(72)62-60-58-56-54-52-50-48-46-44-42-40-38-36-30-28-26-24-22-20-18-16-14-12-10-8-6-4-2/h29,31,54,56,65-68,71-74H,3-28,30,32-53,55,57-64H2,1-2H3,(H,70,75)/b31-29-,56-54+. The molecule has 0 saturated heterocycles. The summed E-state index contributed by atoms with van der Waals surface area (Å²) in [6, 6.07) is -1.00. The summed E-state index contributed by atoms with van der Waals surface area (Å²) < 4.78 is 0. The molecule has 0 saturated carbocycles. The Labute approximate surface area is 469 Å². The fourth-order valence-corrected chi connectivity index (χ4v) is 11.1. The number of carbonyl (C=O) groups is 1. The molecule has 0 aromatic rings. The lowest BCUT2D eigenvalue weighted by Crippen LogP contribution is -2.53. The van der Waals surface area contributed by atoms with Crippen molar-refractivity contribution in [2.75, 3.05) is 6.61 Å². The van der Waals surface area contributed by atoms with Gasteiger partial charge in [0.25, 0.3) is 0 Å². The van der Waals surface area contributed by atoms with Gasteiger partial charge in [0.2, 0.25) is 5.91 Å². The van der Waals surface area contributed by atoms with Gasteiger partial charge < -0.3 is 25.7 Å². The maximum atomic E-state index is 12.7. The fraction of sp³-hybridized carbons (Fsp3) is 0.928. The Hall–Kier alpha value is -1.21. The van der Waals surface area contributed by atoms with Crippen LogP contribution in [0.4, 0.5) is 0 Å². The molecule has 6 nitrogen and oxygen atoms in total. The monoisotopic (exact) mass is 1060 g/mol. The molecule has 0 aliphatic heterocycles. The first-order chi connectivity index (χ1) is 37.0. The normalized spacial score (nSPS) is 13.6. The van der Waals surface area contributed by atoms with Gasteiger partial charge in [0.15, 0.2) is 0 Å². The zero-order valence-corrected chi connectivity index (χ0v) is 50.8. The first kappa shape index (κ1) is 73.8. The Morgan fingerprint density at radius 2 is 0.547 bits per heavy atom. The summed E-state index contributed by atoms with van der Waals surface area (Å²) in [5.41, 5.74) is 0. The summed E-state index contributed by atoms with van der Waals surface area (Å²) in [6.45, 7) is 4.10. The average molecular weight is 1060 g/mol. The van der Waals surface area contributed by atoms with Gasteiger partial charge in [-0.25, -0.2) is 0 Å². The second-order valence-corrected chi connectivity index (χ2v) is 23.9. The fourth-order valence-electron chi connectivity index (χ4n) is 11.1. The number of nitrogens with one attached hydrogen (secondary N) is 1. The van der Waals surface area contributed by atoms with Crippen LogP contribution in [0.2, 0.25) is 0 Å². The van der Waals surface area contributed by atoms with Crippen LogP contribution in [0.25, 0.3) is 0 Å². The van der Waals surface area contributed by atoms with Crippen molar-refractivity contribution in [3.63, 3.8) is 0 Å². The Bertz CT molecular complexity index is 1140. The van der Waals surface area contributed by atoms with Gasteiger partial charge in [-0.05, 0) is 64.2 Å². The minimum atomic E-state index is -1.28. The zero-order valence-electron chi connectivity index (χ0n) is 50.8. The highest BCUT2D eigenvalue weighted by Gasteiger charge is 2.28. The first-order valence-electron chi connectivity index (χ1n) is 34.2. The van der Waals surface area contributed by atoms with E-state index in [0.717, 1.165) is 38.5 Å². The topological polar surface area (TPSA) is 110 Å². The minimum Gasteiger partial charge on any atom is -0.394 e. The maximum Gasteiger partial charge on any atom is 0.249 e. The molecule has 0 bridgehead atoms. The summed E-state index contributed by atoms with van der Waals surface area (Å²) in [6.07, 6.45) is 80.2. The van der Waals surface area contributed by atoms with Gasteiger partial charge >= 0.3 is 0 Å². The van der Waals surface area contributed by atoms with Crippen LogP contribution in [0, 0.1) is 0 Å². The minimum absolute atomic E-state index is 0.367. The molecule has 0 aromatic heterocycles. The molecule has 0 aliphatic rings. The molecule has 446 valence electrons. The predicted molar refractivity (Wildman–Crippen MR) is 330 cm³/mol. The lowest BCUT2D eigenvalue weighted by atomic mass is 10.00. The van der Waals surface area contributed by atoms with Crippen molar-refractivity contribution < 1.29 is 25.2 Å². The molecule has 0 fully saturated rings. The molecule has 0 aliphatic carbocycles. The number of hydrogen-bond donors (Lipinski definition) is 5. The zero-order chi connectivity index (χ0) is 54.4. The highest BCUT2D eigenvalue weighted by Crippen LogP contribution is 2.19. The Morgan fingerprint density at radius 3 is 0.800 bits per heavy atom. The quantitative estimate of drug-likeness (QED) is 0.0308. The third-order valence-corrected chi connectivity index (χ3v) is 16.4. The summed E-state index contributed by atoms with van der Waals surface area (Å²) in [5, 5.41) is 44.2. The number of carbonyl (C=O) groups excluding carboxylic acids is 1. The molecule has 6 heteroatoms. The van der Waals surface area contributed by atoms with Gasteiger partial charge in [-0.15, -0.1) is 0 Å². The Morgan fingerprint density at radius 1 is 0.320 bits per heavy atom. The number of unbranched alkanes of at least 4 members (excludes halogenated alkanes) is 51. The van der Waals surface area contributed by atoms with Crippen molar-refractivity contribution in [2.24, 2.45) is 0 Å². The predicted octanol–water partition coefficient (Wildman–Crippen LogP) is 20.9. The molecule has 0 rings (SSSR count). The van der Waals surface area contributed by atoms with Crippen molar-refractivity contribution in [3.8, 4) is 0 Å². The van der Waals surface area contributed by atoms with E-state index in [2.05, 4.69) is 43.5 Å². The van der Waals surface area contributed by atoms with Crippen molar-refractivity contribution in [1.29, 1.82) is 0 Å². The number of aliphatic hydroxyl groups excluding tert-OH is 4. The van der Waals surface area contributed by atoms with Gasteiger partial charge in [0.05, 0.1) is 18.8 Å². The molecule has 1 amide bonds. The number of amides is 1. The highest BCUT2D eigenvalue weighted by molar-refractivity contribution is 5.80. The Kier molecular flexibility index (Phi) is 62.6. The van der Waals surface area contributed by atoms with E-state index in [-0.39, 0.29) is 0 Å². The molecule has 4 atom stereocenters. The van der Waals surface area contributed by atoms with Gasteiger partial charge in [0, 0.05) is 0 Å². The van der Waals surface area contributed by atoms with E-state index in [1.807, 2.05) is 0 Å². The first-order valence-corrected chi connectivity index (χ1v) is 34.2. The molecule has 0 spiro atoms. The summed E-state index contributed by atoms with van der Waals surface area (Å²) in [4.78, 5) is 12.7. The van der Waals surface area contributed by atoms with E-state index in [1.54, 1.807) is 0 Å². The van der Waals surface area contributed by atoms with Crippen molar-refractivity contribution in [1.82, 2.24) is 5.32 Å². The molecular weight excluding hydrogens is 923 g/mol. The lowest BCUT2D eigenvalue weighted by molar-refractivity contribution is -0.132. The van der Waals surface area contributed by atoms with Gasteiger partial charge in [-0.1, -0.05) is 340 Å². The Balaban J connectivity index is 3.56. The number of allylic oxidation sites excluding steroid dienone is 4. The van der Waals surface area contributed by atoms with E-state index in [9.17, 15) is 25.2 Å². The SMILES string of the molecule is CCCCCCCCCCCCCC/C=C\CCCCCCCCCCCCCCCCCCC(O)C(=O)NC(CO)C(O)C(O)CCC/C=C/CCCCCCCCCCCCCCCCCCCCCCCC. The molecule has 75 heavy (non-hydrogen) atoms. The molecule has 5 N–H and O–H groups in total. The van der Waals surface area contributed by atoms with Crippen molar-refractivity contribution in [2.45, 2.75) is 404 Å². The van der Waals surface area contributed by atoms with Crippen LogP contribution >= 0.6 is 0 Å². The molecule has 0 radical (unpaired) electrons.